The summed E-state index contributed by atoms with van der Waals surface area (Å²) in [4.78, 5) is 0. The molecule has 0 aliphatic heterocycles. The molecule has 0 unspecified atom stereocenters. The lowest BCUT2D eigenvalue weighted by molar-refractivity contribution is 1.73. The number of hydrogen-bond acceptors (Lipinski definition) is 0. The van der Waals surface area contributed by atoms with Gasteiger partial charge in [0.1, 0.15) is 0 Å². The molecule has 0 N–H and O–H groups in total. The van der Waals surface area contributed by atoms with Crippen molar-refractivity contribution in [2.45, 2.75) is 0 Å². The Labute approximate surface area is 490 Å². The summed E-state index contributed by atoms with van der Waals surface area (Å²) < 4.78 is 0. The lowest BCUT2D eigenvalue weighted by atomic mass is 9.86. The van der Waals surface area contributed by atoms with E-state index >= 15 is 0 Å². The van der Waals surface area contributed by atoms with Gasteiger partial charge in [-0.25, -0.2) is 0 Å². The van der Waals surface area contributed by atoms with Crippen LogP contribution in [0.15, 0.2) is 255 Å². The van der Waals surface area contributed by atoms with Crippen LogP contribution in [0.4, 0.5) is 0 Å². The van der Waals surface area contributed by atoms with Crippen LogP contribution in [-0.2, 0) is 0 Å². The van der Waals surface area contributed by atoms with Crippen molar-refractivity contribution in [3.8, 4) is 44.5 Å². The first-order valence-electron chi connectivity index (χ1n) is 30.4. The molecular weight excluding hydrogens is 1030 g/mol. The largest absolute Gasteiger partial charge is 0.0616 e. The van der Waals surface area contributed by atoms with Gasteiger partial charge in [0.15, 0.2) is 0 Å². The van der Waals surface area contributed by atoms with Gasteiger partial charge < -0.3 is 0 Å². The molecule has 0 saturated heterocycles. The molecule has 0 spiro atoms. The normalized spacial score (nSPS) is 13.1. The van der Waals surface area contributed by atoms with Gasteiger partial charge in [-0.05, 0) is 293 Å². The highest BCUT2D eigenvalue weighted by atomic mass is 14.3. The predicted molar refractivity (Wildman–Crippen MR) is 373 cm³/mol. The van der Waals surface area contributed by atoms with Gasteiger partial charge in [-0.15, -0.1) is 0 Å². The van der Waals surface area contributed by atoms with E-state index < -0.39 is 0 Å². The maximum Gasteiger partial charge on any atom is -0.00137 e. The number of benzene rings is 20. The molecule has 0 fully saturated rings. The average molecular weight is 1080 g/mol. The molecule has 0 heterocycles. The van der Waals surface area contributed by atoms with Crippen molar-refractivity contribution in [1.29, 1.82) is 0 Å². The van der Waals surface area contributed by atoms with E-state index in [4.69, 9.17) is 0 Å². The maximum absolute atomic E-state index is 2.47. The Hall–Kier alpha value is -11.2. The fourth-order valence-corrected chi connectivity index (χ4v) is 17.9. The first-order chi connectivity index (χ1) is 42.6. The standard InChI is InChI=1S/C46H22.C40H20/c1-4-24-10-11-25-12-13-33-38-21-27-19-36-34-16-14-31-29-8-2-5-23-6-3-9-30(42(23)29)32-15-17-35(45(34)44(31)32)37(36)20-28(27)22-39(38)40-18-26(7-1)41(24)43(25)46(33)40;1-2-6-22-18-34-30-14-10-26-28-12-16-32-36-20-24-8-4-3-7-23(24)19-35(36)31-15-11-27(38(28)40(31)32)25-9-13-29(39(30)37(25)26)33(34)17-21(22)5-1/h1-22H;1-20H. The topological polar surface area (TPSA) is 0 Å². The van der Waals surface area contributed by atoms with E-state index in [-0.39, 0.29) is 0 Å². The Kier molecular flexibility index (Phi) is 7.47. The van der Waals surface area contributed by atoms with Gasteiger partial charge >= 0.3 is 0 Å². The van der Waals surface area contributed by atoms with Gasteiger partial charge in [0.05, 0.1) is 0 Å². The molecule has 24 rings (SSSR count). The molecule has 0 radical (unpaired) electrons. The smallest absolute Gasteiger partial charge is 0.00137 e. The fraction of sp³-hybridized carbons (Fsp3) is 0. The first-order valence-corrected chi connectivity index (χ1v) is 30.4. The van der Waals surface area contributed by atoms with Crippen LogP contribution >= 0.6 is 0 Å². The minimum absolute atomic E-state index is 1.30. The third kappa shape index (κ3) is 5.05. The molecule has 0 nitrogen and oxygen atoms in total. The molecule has 22 aromatic rings. The molecule has 386 valence electrons. The molecule has 22 aromatic carbocycles. The third-order valence-electron chi connectivity index (χ3n) is 21.4. The van der Waals surface area contributed by atoms with Crippen molar-refractivity contribution in [3.05, 3.63) is 255 Å². The van der Waals surface area contributed by atoms with Crippen LogP contribution in [0.2, 0.25) is 0 Å². The monoisotopic (exact) mass is 1070 g/mol. The highest BCUT2D eigenvalue weighted by Gasteiger charge is 2.30. The van der Waals surface area contributed by atoms with Crippen LogP contribution in [0.5, 0.6) is 0 Å². The van der Waals surface area contributed by atoms with Gasteiger partial charge in [0, 0.05) is 0 Å². The lowest BCUT2D eigenvalue weighted by Crippen LogP contribution is -1.88. The van der Waals surface area contributed by atoms with Crippen molar-refractivity contribution in [2.75, 3.05) is 0 Å². The SMILES string of the molecule is c1cc2ccc3ccc4c5cc6cc7c(cc6cc5c5cc(c1)c2c3c45)c1ccc2c3cccc4cccc(c5ccc7c1c52)c43.c1ccc2cc3c(cc2c1)-c1ccc2c4ccc5c6c(ccc(c7ccc-3c1c27)c64)-c1cc2ccccc2cc1-5. The van der Waals surface area contributed by atoms with Crippen molar-refractivity contribution in [2.24, 2.45) is 0 Å². The number of fused-ring (bicyclic) bond motifs is 19. The molecule has 0 heteroatoms. The highest BCUT2D eigenvalue weighted by Crippen LogP contribution is 2.57. The number of hydrogen-bond donors (Lipinski definition) is 0. The summed E-state index contributed by atoms with van der Waals surface area (Å²) in [6, 6.07) is 97.4. The first kappa shape index (κ1) is 43.5. The van der Waals surface area contributed by atoms with E-state index in [0.29, 0.717) is 0 Å². The van der Waals surface area contributed by atoms with Crippen LogP contribution in [0.25, 0.3) is 238 Å². The summed E-state index contributed by atoms with van der Waals surface area (Å²) >= 11 is 0. The Morgan fingerprint density at radius 3 is 0.802 bits per heavy atom. The van der Waals surface area contributed by atoms with Crippen LogP contribution in [0.3, 0.4) is 0 Å². The second kappa shape index (κ2) is 14.8. The third-order valence-corrected chi connectivity index (χ3v) is 21.4. The van der Waals surface area contributed by atoms with E-state index in [1.807, 2.05) is 0 Å². The highest BCUT2D eigenvalue weighted by molar-refractivity contribution is 6.45. The van der Waals surface area contributed by atoms with Crippen molar-refractivity contribution < 1.29 is 0 Å². The van der Waals surface area contributed by atoms with Crippen LogP contribution < -0.4 is 0 Å². The summed E-state index contributed by atoms with van der Waals surface area (Å²) in [5.74, 6) is 0. The van der Waals surface area contributed by atoms with E-state index in [9.17, 15) is 0 Å². The molecule has 86 heavy (non-hydrogen) atoms. The summed E-state index contributed by atoms with van der Waals surface area (Å²) in [6.07, 6.45) is 0. The molecule has 2 aliphatic carbocycles. The van der Waals surface area contributed by atoms with Crippen LogP contribution in [-0.4, -0.2) is 0 Å². The summed E-state index contributed by atoms with van der Waals surface area (Å²) in [5.41, 5.74) is 10.9. The quantitative estimate of drug-likeness (QED) is 0.105. The molecule has 0 bridgehead atoms. The van der Waals surface area contributed by atoms with Gasteiger partial charge in [-0.1, -0.05) is 200 Å². The molecule has 2 aliphatic rings. The fourth-order valence-electron chi connectivity index (χ4n) is 17.9. The lowest BCUT2D eigenvalue weighted by Gasteiger charge is -2.16. The van der Waals surface area contributed by atoms with Crippen molar-refractivity contribution >= 4 is 194 Å². The van der Waals surface area contributed by atoms with Gasteiger partial charge in [-0.2, -0.15) is 0 Å². The Bertz CT molecular complexity index is 6510. The maximum atomic E-state index is 2.47. The van der Waals surface area contributed by atoms with Gasteiger partial charge in [-0.3, -0.25) is 0 Å². The van der Waals surface area contributed by atoms with Crippen LogP contribution in [0, 0.1) is 0 Å². The summed E-state index contributed by atoms with van der Waals surface area (Å²) in [7, 11) is 0. The van der Waals surface area contributed by atoms with E-state index in [2.05, 4.69) is 255 Å². The zero-order chi connectivity index (χ0) is 55.1. The van der Waals surface area contributed by atoms with E-state index in [1.165, 1.54) is 238 Å². The van der Waals surface area contributed by atoms with Crippen molar-refractivity contribution in [1.82, 2.24) is 0 Å². The second-order valence-corrected chi connectivity index (χ2v) is 25.2. The molecular formula is C86H42. The summed E-state index contributed by atoms with van der Waals surface area (Å²) in [5, 5.41) is 49.0. The minimum Gasteiger partial charge on any atom is -0.0616 e. The minimum atomic E-state index is 1.30. The molecule has 0 atom stereocenters. The van der Waals surface area contributed by atoms with Gasteiger partial charge in [0.2, 0.25) is 0 Å². The van der Waals surface area contributed by atoms with Crippen LogP contribution in [0.1, 0.15) is 0 Å². The van der Waals surface area contributed by atoms with E-state index in [0.717, 1.165) is 0 Å². The van der Waals surface area contributed by atoms with E-state index in [1.54, 1.807) is 0 Å². The molecule has 0 amide bonds. The van der Waals surface area contributed by atoms with Crippen molar-refractivity contribution in [3.63, 3.8) is 0 Å². The Balaban J connectivity index is 0.000000114. The number of rotatable bonds is 0. The Morgan fingerprint density at radius 1 is 0.105 bits per heavy atom. The zero-order valence-electron chi connectivity index (χ0n) is 46.2. The second-order valence-electron chi connectivity index (χ2n) is 25.2. The average Bonchev–Trinajstić information content (AvgIpc) is 1.51. The predicted octanol–water partition coefficient (Wildman–Crippen LogP) is 24.6. The zero-order valence-corrected chi connectivity index (χ0v) is 46.2. The van der Waals surface area contributed by atoms with Gasteiger partial charge in [0.25, 0.3) is 0 Å². The molecule has 0 aromatic heterocycles. The summed E-state index contributed by atoms with van der Waals surface area (Å²) in [6.45, 7) is 0. The Morgan fingerprint density at radius 2 is 0.372 bits per heavy atom. The molecule has 0 saturated carbocycles.